The van der Waals surface area contributed by atoms with Crippen molar-refractivity contribution in [2.75, 3.05) is 5.01 Å². The SMILES string of the molecule is O=C(c1ccc2c(c1)CCCC2)N(/N=C/c1ccc(F)cc1)c1nc2ccc(Br)cc2s1. The summed E-state index contributed by atoms with van der Waals surface area (Å²) in [5.41, 5.74) is 4.63. The van der Waals surface area contributed by atoms with Crippen molar-refractivity contribution in [1.29, 1.82) is 0 Å². The third-order valence-electron chi connectivity index (χ3n) is 5.50. The Bertz CT molecular complexity index is 1330. The van der Waals surface area contributed by atoms with E-state index >= 15 is 0 Å². The maximum absolute atomic E-state index is 13.6. The van der Waals surface area contributed by atoms with Crippen LogP contribution in [0.2, 0.25) is 0 Å². The van der Waals surface area contributed by atoms with Crippen molar-refractivity contribution in [3.63, 3.8) is 0 Å². The van der Waals surface area contributed by atoms with Gasteiger partial charge in [0.2, 0.25) is 5.13 Å². The molecule has 1 aromatic heterocycles. The molecular formula is C25H19BrFN3OS. The number of hydrogen-bond donors (Lipinski definition) is 0. The lowest BCUT2D eigenvalue weighted by molar-refractivity contribution is 0.0987. The van der Waals surface area contributed by atoms with Gasteiger partial charge in [-0.1, -0.05) is 45.5 Å². The summed E-state index contributed by atoms with van der Waals surface area (Å²) in [5.74, 6) is -0.559. The molecule has 0 spiro atoms. The van der Waals surface area contributed by atoms with Gasteiger partial charge in [0, 0.05) is 10.0 Å². The molecule has 0 saturated heterocycles. The summed E-state index contributed by atoms with van der Waals surface area (Å²) in [6.45, 7) is 0. The number of anilines is 1. The highest BCUT2D eigenvalue weighted by Crippen LogP contribution is 2.32. The Balaban J connectivity index is 1.54. The number of rotatable bonds is 4. The van der Waals surface area contributed by atoms with Crippen molar-refractivity contribution < 1.29 is 9.18 Å². The largest absolute Gasteiger partial charge is 0.280 e. The average molecular weight is 508 g/mol. The lowest BCUT2D eigenvalue weighted by Crippen LogP contribution is -2.26. The lowest BCUT2D eigenvalue weighted by Gasteiger charge is -2.18. The van der Waals surface area contributed by atoms with Gasteiger partial charge in [-0.3, -0.25) is 4.79 Å². The highest BCUT2D eigenvalue weighted by molar-refractivity contribution is 9.10. The molecule has 3 aromatic carbocycles. The van der Waals surface area contributed by atoms with Gasteiger partial charge in [0.15, 0.2) is 0 Å². The normalized spacial score (nSPS) is 13.4. The van der Waals surface area contributed by atoms with Crippen LogP contribution in [0.4, 0.5) is 9.52 Å². The van der Waals surface area contributed by atoms with Gasteiger partial charge >= 0.3 is 0 Å². The zero-order valence-corrected chi connectivity index (χ0v) is 19.5. The Kier molecular flexibility index (Phi) is 5.85. The number of hydrogen-bond acceptors (Lipinski definition) is 4. The number of benzene rings is 3. The molecule has 0 unspecified atom stereocenters. The first-order valence-electron chi connectivity index (χ1n) is 10.4. The summed E-state index contributed by atoms with van der Waals surface area (Å²) >= 11 is 4.88. The number of halogens is 2. The minimum atomic E-state index is -0.319. The molecule has 0 atom stereocenters. The van der Waals surface area contributed by atoms with Crippen LogP contribution in [0.5, 0.6) is 0 Å². The summed E-state index contributed by atoms with van der Waals surface area (Å²) < 4.78 is 15.2. The van der Waals surface area contributed by atoms with Crippen molar-refractivity contribution in [3.05, 3.63) is 93.2 Å². The molecule has 7 heteroatoms. The van der Waals surface area contributed by atoms with E-state index in [1.54, 1.807) is 18.3 Å². The quantitative estimate of drug-likeness (QED) is 0.226. The summed E-state index contributed by atoms with van der Waals surface area (Å²) in [4.78, 5) is 18.2. The Hall–Kier alpha value is -2.90. The molecule has 0 N–H and O–H groups in total. The predicted molar refractivity (Wildman–Crippen MR) is 131 cm³/mol. The van der Waals surface area contributed by atoms with Crippen LogP contribution in [0.1, 0.15) is 39.9 Å². The van der Waals surface area contributed by atoms with Crippen molar-refractivity contribution >= 4 is 54.7 Å². The minimum absolute atomic E-state index is 0.241. The Morgan fingerprint density at radius 3 is 2.62 bits per heavy atom. The molecule has 1 heterocycles. The first kappa shape index (κ1) is 21.0. The van der Waals surface area contributed by atoms with Gasteiger partial charge in [0.05, 0.1) is 16.4 Å². The Morgan fingerprint density at radius 1 is 1.03 bits per heavy atom. The first-order valence-corrected chi connectivity index (χ1v) is 12.0. The van der Waals surface area contributed by atoms with Crippen LogP contribution < -0.4 is 5.01 Å². The van der Waals surface area contributed by atoms with Gasteiger partial charge in [0.1, 0.15) is 5.82 Å². The molecule has 0 fully saturated rings. The second-order valence-corrected chi connectivity index (χ2v) is 9.64. The van der Waals surface area contributed by atoms with Crippen LogP contribution in [0, 0.1) is 5.82 Å². The van der Waals surface area contributed by atoms with Crippen LogP contribution in [0.25, 0.3) is 10.2 Å². The Labute approximate surface area is 197 Å². The number of nitrogens with zero attached hydrogens (tertiary/aromatic N) is 3. The summed E-state index contributed by atoms with van der Waals surface area (Å²) in [7, 11) is 0. The second-order valence-electron chi connectivity index (χ2n) is 7.71. The average Bonchev–Trinajstić information content (AvgIpc) is 3.22. The summed E-state index contributed by atoms with van der Waals surface area (Å²) in [6, 6.07) is 17.7. The van der Waals surface area contributed by atoms with E-state index in [0.717, 1.165) is 34.0 Å². The van der Waals surface area contributed by atoms with E-state index in [-0.39, 0.29) is 11.7 Å². The molecule has 4 aromatic rings. The fourth-order valence-electron chi connectivity index (χ4n) is 3.83. The number of fused-ring (bicyclic) bond motifs is 2. The van der Waals surface area contributed by atoms with Gasteiger partial charge < -0.3 is 0 Å². The summed E-state index contributed by atoms with van der Waals surface area (Å²) in [6.07, 6.45) is 5.94. The smallest absolute Gasteiger partial charge is 0.267 e. The van der Waals surface area contributed by atoms with Crippen LogP contribution in [0.15, 0.2) is 70.2 Å². The molecule has 5 rings (SSSR count). The van der Waals surface area contributed by atoms with Crippen molar-refractivity contribution in [3.8, 4) is 0 Å². The van der Waals surface area contributed by atoms with Gasteiger partial charge in [-0.25, -0.2) is 9.37 Å². The van der Waals surface area contributed by atoms with Crippen LogP contribution in [-0.2, 0) is 12.8 Å². The van der Waals surface area contributed by atoms with Crippen molar-refractivity contribution in [1.82, 2.24) is 4.98 Å². The molecule has 0 radical (unpaired) electrons. The van der Waals surface area contributed by atoms with E-state index in [4.69, 9.17) is 0 Å². The highest BCUT2D eigenvalue weighted by atomic mass is 79.9. The van der Waals surface area contributed by atoms with Crippen molar-refractivity contribution in [2.45, 2.75) is 25.7 Å². The fraction of sp³-hybridized carbons (Fsp3) is 0.160. The van der Waals surface area contributed by atoms with Gasteiger partial charge in [-0.05, 0) is 84.8 Å². The van der Waals surface area contributed by atoms with Crippen LogP contribution in [0.3, 0.4) is 0 Å². The zero-order valence-electron chi connectivity index (χ0n) is 17.1. The number of aromatic nitrogens is 1. The maximum Gasteiger partial charge on any atom is 0.280 e. The monoisotopic (exact) mass is 507 g/mol. The third kappa shape index (κ3) is 4.36. The molecule has 160 valence electrons. The van der Waals surface area contributed by atoms with E-state index in [1.165, 1.54) is 46.0 Å². The van der Waals surface area contributed by atoms with Crippen molar-refractivity contribution in [2.24, 2.45) is 5.10 Å². The third-order valence-corrected chi connectivity index (χ3v) is 6.99. The van der Waals surface area contributed by atoms with Gasteiger partial charge in [-0.2, -0.15) is 10.1 Å². The van der Waals surface area contributed by atoms with E-state index in [9.17, 15) is 9.18 Å². The molecule has 0 saturated carbocycles. The molecule has 1 amide bonds. The standard InChI is InChI=1S/C25H19BrFN3OS/c26-20-9-12-22-23(14-20)32-25(29-22)30(28-15-16-5-10-21(27)11-6-16)24(31)19-8-7-17-3-1-2-4-18(17)13-19/h5-15H,1-4H2/b28-15+. The van der Waals surface area contributed by atoms with E-state index < -0.39 is 0 Å². The van der Waals surface area contributed by atoms with E-state index in [0.29, 0.717) is 16.3 Å². The lowest BCUT2D eigenvalue weighted by atomic mass is 9.90. The number of aryl methyl sites for hydroxylation is 2. The number of thiazole rings is 1. The van der Waals surface area contributed by atoms with E-state index in [2.05, 4.69) is 32.1 Å². The maximum atomic E-state index is 13.6. The molecule has 4 nitrogen and oxygen atoms in total. The molecule has 1 aliphatic rings. The van der Waals surface area contributed by atoms with Gasteiger partial charge in [-0.15, -0.1) is 0 Å². The van der Waals surface area contributed by atoms with Crippen LogP contribution in [-0.4, -0.2) is 17.1 Å². The van der Waals surface area contributed by atoms with Crippen LogP contribution >= 0.6 is 27.3 Å². The molecule has 0 aliphatic heterocycles. The van der Waals surface area contributed by atoms with E-state index in [1.807, 2.05) is 30.3 Å². The topological polar surface area (TPSA) is 45.6 Å². The zero-order chi connectivity index (χ0) is 22.1. The molecule has 1 aliphatic carbocycles. The minimum Gasteiger partial charge on any atom is -0.267 e. The Morgan fingerprint density at radius 2 is 1.81 bits per heavy atom. The number of carbonyl (C=O) groups is 1. The second kappa shape index (κ2) is 8.92. The molecular weight excluding hydrogens is 489 g/mol. The molecule has 0 bridgehead atoms. The fourth-order valence-corrected chi connectivity index (χ4v) is 5.30. The highest BCUT2D eigenvalue weighted by Gasteiger charge is 2.22. The molecule has 32 heavy (non-hydrogen) atoms. The number of amides is 1. The predicted octanol–water partition coefficient (Wildman–Crippen LogP) is 6.76. The number of hydrazone groups is 1. The first-order chi connectivity index (χ1) is 15.6. The number of carbonyl (C=O) groups excluding carboxylic acids is 1. The van der Waals surface area contributed by atoms with Gasteiger partial charge in [0.25, 0.3) is 5.91 Å². The summed E-state index contributed by atoms with van der Waals surface area (Å²) in [5, 5.41) is 6.30.